The van der Waals surface area contributed by atoms with Gasteiger partial charge in [0.15, 0.2) is 0 Å². The lowest BCUT2D eigenvalue weighted by Crippen LogP contribution is -2.43. The molecule has 0 unspecified atom stereocenters. The fourth-order valence-corrected chi connectivity index (χ4v) is 0.797. The molecule has 7 nitrogen and oxygen atoms in total. The molecule has 0 saturated heterocycles. The number of hydrogen-bond acceptors (Lipinski definition) is 4. The molecule has 0 aromatic rings. The van der Waals surface area contributed by atoms with Crippen LogP contribution in [-0.2, 0) is 14.4 Å². The first-order valence-corrected chi connectivity index (χ1v) is 3.98. The Morgan fingerprint density at radius 1 is 1.36 bits per heavy atom. The van der Waals surface area contributed by atoms with Crippen LogP contribution in [-0.4, -0.2) is 35.5 Å². The second-order valence-corrected chi connectivity index (χ2v) is 2.67. The molecule has 0 heterocycles. The maximum Gasteiger partial charge on any atom is 0.326 e. The molecule has 14 heavy (non-hydrogen) atoms. The molecular weight excluding hydrogens is 190 g/mol. The third-order valence-corrected chi connectivity index (χ3v) is 1.50. The summed E-state index contributed by atoms with van der Waals surface area (Å²) in [7, 11) is 0. The van der Waals surface area contributed by atoms with Crippen molar-refractivity contribution in [3.8, 4) is 0 Å². The van der Waals surface area contributed by atoms with E-state index in [-0.39, 0.29) is 19.4 Å². The molecule has 0 aliphatic rings. The topological polar surface area (TPSA) is 136 Å². The summed E-state index contributed by atoms with van der Waals surface area (Å²) < 4.78 is 0. The highest BCUT2D eigenvalue weighted by atomic mass is 16.4. The predicted octanol–water partition coefficient (Wildman–Crippen LogP) is -2.22. The van der Waals surface area contributed by atoms with Gasteiger partial charge in [0.1, 0.15) is 6.04 Å². The summed E-state index contributed by atoms with van der Waals surface area (Å²) in [5, 5.41) is 10.8. The Labute approximate surface area is 80.4 Å². The van der Waals surface area contributed by atoms with E-state index < -0.39 is 23.8 Å². The number of hydrogen-bond donors (Lipinski definition) is 4. The maximum absolute atomic E-state index is 10.8. The monoisotopic (exact) mass is 203 g/mol. The summed E-state index contributed by atoms with van der Waals surface area (Å²) in [4.78, 5) is 31.7. The Morgan fingerprint density at radius 3 is 2.29 bits per heavy atom. The lowest BCUT2D eigenvalue weighted by molar-refractivity contribution is -0.141. The standard InChI is InChI=1S/C7H13N3O4/c8-3-6(12)10-4(7(13)14)1-2-5(9)11/h4H,1-3,8H2,(H2,9,11)(H,10,12)(H,13,14)/t4-/m0/s1. The molecule has 0 aliphatic heterocycles. The van der Waals surface area contributed by atoms with Crippen molar-refractivity contribution in [1.29, 1.82) is 0 Å². The summed E-state index contributed by atoms with van der Waals surface area (Å²) >= 11 is 0. The number of carbonyl (C=O) groups excluding carboxylic acids is 2. The molecule has 2 amide bonds. The molecule has 0 spiro atoms. The van der Waals surface area contributed by atoms with Crippen LogP contribution in [0.15, 0.2) is 0 Å². The number of carbonyl (C=O) groups is 3. The SMILES string of the molecule is NCC(=O)N[C@@H](CCC(N)=O)C(=O)O. The zero-order valence-electron chi connectivity index (χ0n) is 7.53. The molecule has 0 rings (SSSR count). The average Bonchev–Trinajstić information content (AvgIpc) is 2.10. The third kappa shape index (κ3) is 5.09. The van der Waals surface area contributed by atoms with Gasteiger partial charge in [0.05, 0.1) is 6.54 Å². The minimum Gasteiger partial charge on any atom is -0.480 e. The molecule has 6 N–H and O–H groups in total. The number of rotatable bonds is 6. The average molecular weight is 203 g/mol. The summed E-state index contributed by atoms with van der Waals surface area (Å²) in [5.74, 6) is -2.41. The minimum atomic E-state index is -1.21. The molecule has 0 saturated carbocycles. The Morgan fingerprint density at radius 2 is 1.93 bits per heavy atom. The van der Waals surface area contributed by atoms with Gasteiger partial charge in [-0.25, -0.2) is 4.79 Å². The van der Waals surface area contributed by atoms with E-state index in [2.05, 4.69) is 5.32 Å². The molecule has 1 atom stereocenters. The van der Waals surface area contributed by atoms with Gasteiger partial charge >= 0.3 is 5.97 Å². The van der Waals surface area contributed by atoms with E-state index in [0.29, 0.717) is 0 Å². The Bertz CT molecular complexity index is 241. The summed E-state index contributed by atoms with van der Waals surface area (Å²) in [5.41, 5.74) is 9.81. The Kier molecular flexibility index (Phi) is 5.23. The van der Waals surface area contributed by atoms with Crippen molar-refractivity contribution < 1.29 is 19.5 Å². The largest absolute Gasteiger partial charge is 0.480 e. The number of carboxylic acid groups (broad SMARTS) is 1. The highest BCUT2D eigenvalue weighted by Gasteiger charge is 2.19. The van der Waals surface area contributed by atoms with E-state index in [4.69, 9.17) is 16.6 Å². The summed E-state index contributed by atoms with van der Waals surface area (Å²) in [6.45, 7) is -0.291. The summed E-state index contributed by atoms with van der Waals surface area (Å²) in [6, 6.07) is -1.11. The molecule has 7 heteroatoms. The van der Waals surface area contributed by atoms with Gasteiger partial charge in [0.2, 0.25) is 11.8 Å². The van der Waals surface area contributed by atoms with Crippen LogP contribution in [0.5, 0.6) is 0 Å². The normalized spacial score (nSPS) is 11.8. The lowest BCUT2D eigenvalue weighted by atomic mass is 10.1. The number of primary amides is 1. The van der Waals surface area contributed by atoms with Crippen molar-refractivity contribution in [2.45, 2.75) is 18.9 Å². The van der Waals surface area contributed by atoms with E-state index >= 15 is 0 Å². The van der Waals surface area contributed by atoms with Gasteiger partial charge in [-0.3, -0.25) is 9.59 Å². The molecule has 80 valence electrons. The van der Waals surface area contributed by atoms with Gasteiger partial charge in [-0.1, -0.05) is 0 Å². The van der Waals surface area contributed by atoms with Gasteiger partial charge < -0.3 is 21.9 Å². The van der Waals surface area contributed by atoms with Gasteiger partial charge in [-0.2, -0.15) is 0 Å². The number of nitrogens with one attached hydrogen (secondary N) is 1. The van der Waals surface area contributed by atoms with Crippen molar-refractivity contribution in [3.05, 3.63) is 0 Å². The molecule has 0 aliphatic carbocycles. The van der Waals surface area contributed by atoms with Crippen molar-refractivity contribution >= 4 is 17.8 Å². The molecule has 0 aromatic heterocycles. The molecule has 0 bridgehead atoms. The first-order valence-electron chi connectivity index (χ1n) is 3.98. The second kappa shape index (κ2) is 5.92. The van der Waals surface area contributed by atoms with Gasteiger partial charge in [-0.05, 0) is 6.42 Å². The fraction of sp³-hybridized carbons (Fsp3) is 0.571. The zero-order valence-corrected chi connectivity index (χ0v) is 7.53. The highest BCUT2D eigenvalue weighted by Crippen LogP contribution is 1.96. The van der Waals surface area contributed by atoms with Crippen molar-refractivity contribution in [2.24, 2.45) is 11.5 Å². The first kappa shape index (κ1) is 12.4. The number of aliphatic carboxylic acids is 1. The fourth-order valence-electron chi connectivity index (χ4n) is 0.797. The van der Waals surface area contributed by atoms with Gasteiger partial charge in [0.25, 0.3) is 0 Å². The third-order valence-electron chi connectivity index (χ3n) is 1.50. The van der Waals surface area contributed by atoms with Crippen LogP contribution in [0.4, 0.5) is 0 Å². The van der Waals surface area contributed by atoms with E-state index in [1.54, 1.807) is 0 Å². The second-order valence-electron chi connectivity index (χ2n) is 2.67. The van der Waals surface area contributed by atoms with E-state index in [1.165, 1.54) is 0 Å². The minimum absolute atomic E-state index is 0.0313. The zero-order chi connectivity index (χ0) is 11.1. The van der Waals surface area contributed by atoms with Crippen molar-refractivity contribution in [1.82, 2.24) is 5.32 Å². The molecular formula is C7H13N3O4. The van der Waals surface area contributed by atoms with Gasteiger partial charge in [0, 0.05) is 6.42 Å². The molecule has 0 aromatic carbocycles. The quantitative estimate of drug-likeness (QED) is 0.387. The Hall–Kier alpha value is -1.63. The van der Waals surface area contributed by atoms with Gasteiger partial charge in [-0.15, -0.1) is 0 Å². The predicted molar refractivity (Wildman–Crippen MR) is 47.0 cm³/mol. The van der Waals surface area contributed by atoms with Crippen LogP contribution in [0, 0.1) is 0 Å². The van der Waals surface area contributed by atoms with E-state index in [1.807, 2.05) is 0 Å². The smallest absolute Gasteiger partial charge is 0.326 e. The number of amides is 2. The highest BCUT2D eigenvalue weighted by molar-refractivity contribution is 5.85. The number of carboxylic acids is 1. The van der Waals surface area contributed by atoms with E-state index in [0.717, 1.165) is 0 Å². The number of nitrogens with two attached hydrogens (primary N) is 2. The van der Waals surface area contributed by atoms with Crippen LogP contribution in [0.1, 0.15) is 12.8 Å². The van der Waals surface area contributed by atoms with E-state index in [9.17, 15) is 14.4 Å². The van der Waals surface area contributed by atoms with Crippen LogP contribution in [0.25, 0.3) is 0 Å². The molecule has 0 radical (unpaired) electrons. The Balaban J connectivity index is 4.09. The maximum atomic E-state index is 10.8. The van der Waals surface area contributed by atoms with Crippen LogP contribution >= 0.6 is 0 Å². The van der Waals surface area contributed by atoms with Crippen molar-refractivity contribution in [3.63, 3.8) is 0 Å². The van der Waals surface area contributed by atoms with Crippen LogP contribution in [0.3, 0.4) is 0 Å². The lowest BCUT2D eigenvalue weighted by Gasteiger charge is -2.12. The first-order chi connectivity index (χ1) is 6.47. The van der Waals surface area contributed by atoms with Crippen molar-refractivity contribution in [2.75, 3.05) is 6.54 Å². The van der Waals surface area contributed by atoms with Crippen LogP contribution < -0.4 is 16.8 Å². The molecule has 0 fully saturated rings. The summed E-state index contributed by atoms with van der Waals surface area (Å²) in [6.07, 6.45) is -0.127. The van der Waals surface area contributed by atoms with Crippen LogP contribution in [0.2, 0.25) is 0 Å².